The number of hydrogen-bond acceptors (Lipinski definition) is 2. The number of carboxylic acids is 1. The Morgan fingerprint density at radius 1 is 1.40 bits per heavy atom. The quantitative estimate of drug-likeness (QED) is 0.834. The molecule has 20 heavy (non-hydrogen) atoms. The van der Waals surface area contributed by atoms with Crippen molar-refractivity contribution in [2.75, 3.05) is 0 Å². The molecular weight excluding hydrogens is 274 g/mol. The van der Waals surface area contributed by atoms with Crippen LogP contribution in [-0.2, 0) is 11.2 Å². The smallest absolute Gasteiger partial charge is 0.336 e. The number of hydrogen-bond donors (Lipinski definition) is 2. The van der Waals surface area contributed by atoms with E-state index in [1.54, 1.807) is 6.08 Å². The molecule has 1 aliphatic heterocycles. The van der Waals surface area contributed by atoms with Crippen molar-refractivity contribution in [1.82, 2.24) is 5.32 Å². The summed E-state index contributed by atoms with van der Waals surface area (Å²) in [6.45, 7) is 0. The summed E-state index contributed by atoms with van der Waals surface area (Å²) in [7, 11) is 0. The second-order valence-corrected chi connectivity index (χ2v) is 5.36. The van der Waals surface area contributed by atoms with Crippen molar-refractivity contribution in [3.05, 3.63) is 63.8 Å². The lowest BCUT2D eigenvalue weighted by atomic mass is 9.96. The van der Waals surface area contributed by atoms with Gasteiger partial charge in [-0.2, -0.15) is 0 Å². The number of rotatable bonds is 1. The SMILES string of the molecule is O=C(O)C1=Cc2cc(Cl)ccc2CC2NC=CCC=C12. The van der Waals surface area contributed by atoms with E-state index in [-0.39, 0.29) is 6.04 Å². The fraction of sp³-hybridized carbons (Fsp3) is 0.188. The van der Waals surface area contributed by atoms with Crippen LogP contribution in [0.15, 0.2) is 47.7 Å². The van der Waals surface area contributed by atoms with E-state index in [4.69, 9.17) is 11.6 Å². The topological polar surface area (TPSA) is 49.3 Å². The molecule has 0 aromatic heterocycles. The molecule has 2 N–H and O–H groups in total. The molecule has 0 radical (unpaired) electrons. The van der Waals surface area contributed by atoms with Crippen molar-refractivity contribution in [2.45, 2.75) is 18.9 Å². The van der Waals surface area contributed by atoms with Crippen molar-refractivity contribution >= 4 is 23.6 Å². The van der Waals surface area contributed by atoms with Gasteiger partial charge in [0, 0.05) is 5.02 Å². The van der Waals surface area contributed by atoms with Crippen LogP contribution in [0, 0.1) is 0 Å². The van der Waals surface area contributed by atoms with E-state index in [0.29, 0.717) is 10.6 Å². The fourth-order valence-corrected chi connectivity index (χ4v) is 2.86. The number of allylic oxidation sites excluding steroid dienone is 2. The van der Waals surface area contributed by atoms with E-state index in [1.807, 2.05) is 36.6 Å². The molecule has 0 bridgehead atoms. The molecule has 1 aliphatic carbocycles. The van der Waals surface area contributed by atoms with E-state index in [1.165, 1.54) is 0 Å². The molecule has 1 aromatic rings. The van der Waals surface area contributed by atoms with Gasteiger partial charge in [0.2, 0.25) is 0 Å². The van der Waals surface area contributed by atoms with Crippen LogP contribution >= 0.6 is 11.6 Å². The number of halogens is 1. The molecule has 0 spiro atoms. The summed E-state index contributed by atoms with van der Waals surface area (Å²) in [5.41, 5.74) is 3.17. The maximum Gasteiger partial charge on any atom is 0.336 e. The zero-order valence-electron chi connectivity index (χ0n) is 10.8. The highest BCUT2D eigenvalue weighted by molar-refractivity contribution is 6.30. The number of carboxylic acid groups (broad SMARTS) is 1. The Kier molecular flexibility index (Phi) is 3.36. The van der Waals surface area contributed by atoms with Gasteiger partial charge in [0.1, 0.15) is 0 Å². The second kappa shape index (κ2) is 5.17. The Morgan fingerprint density at radius 3 is 3.05 bits per heavy atom. The molecular formula is C16H14ClNO2. The van der Waals surface area contributed by atoms with Crippen molar-refractivity contribution < 1.29 is 9.90 Å². The van der Waals surface area contributed by atoms with Gasteiger partial charge in [0.25, 0.3) is 0 Å². The van der Waals surface area contributed by atoms with Crippen molar-refractivity contribution in [1.29, 1.82) is 0 Å². The third-order valence-corrected chi connectivity index (χ3v) is 3.87. The molecule has 3 nitrogen and oxygen atoms in total. The molecule has 4 heteroatoms. The number of aliphatic carboxylic acids is 1. The van der Waals surface area contributed by atoms with Crippen LogP contribution < -0.4 is 5.32 Å². The standard InChI is InChI=1S/C16H14ClNO2/c17-12-5-4-10-9-15-13(3-1-2-6-18-15)14(16(19)20)8-11(10)7-12/h2-8,15,18H,1,9H2,(H,19,20). The molecule has 1 aromatic carbocycles. The highest BCUT2D eigenvalue weighted by atomic mass is 35.5. The lowest BCUT2D eigenvalue weighted by Crippen LogP contribution is -2.29. The Morgan fingerprint density at radius 2 is 2.25 bits per heavy atom. The van der Waals surface area contributed by atoms with Crippen LogP contribution in [0.4, 0.5) is 0 Å². The number of carbonyl (C=O) groups is 1. The summed E-state index contributed by atoms with van der Waals surface area (Å²) in [6.07, 6.45) is 9.08. The highest BCUT2D eigenvalue weighted by Crippen LogP contribution is 2.30. The second-order valence-electron chi connectivity index (χ2n) is 4.93. The van der Waals surface area contributed by atoms with Gasteiger partial charge in [-0.05, 0) is 54.0 Å². The first-order chi connectivity index (χ1) is 9.65. The van der Waals surface area contributed by atoms with Crippen LogP contribution in [0.3, 0.4) is 0 Å². The van der Waals surface area contributed by atoms with Crippen LogP contribution in [0.25, 0.3) is 6.08 Å². The van der Waals surface area contributed by atoms with E-state index in [9.17, 15) is 9.90 Å². The molecule has 0 amide bonds. The van der Waals surface area contributed by atoms with E-state index in [0.717, 1.165) is 29.5 Å². The number of benzene rings is 1. The summed E-state index contributed by atoms with van der Waals surface area (Å²) in [5.74, 6) is -0.905. The van der Waals surface area contributed by atoms with Gasteiger partial charge >= 0.3 is 5.97 Å². The number of fused-ring (bicyclic) bond motifs is 2. The summed E-state index contributed by atoms with van der Waals surface area (Å²) < 4.78 is 0. The maximum absolute atomic E-state index is 11.6. The van der Waals surface area contributed by atoms with E-state index in [2.05, 4.69) is 5.32 Å². The lowest BCUT2D eigenvalue weighted by molar-refractivity contribution is -0.132. The summed E-state index contributed by atoms with van der Waals surface area (Å²) >= 11 is 6.02. The van der Waals surface area contributed by atoms with E-state index < -0.39 is 5.97 Å². The maximum atomic E-state index is 11.6. The first-order valence-electron chi connectivity index (χ1n) is 6.50. The summed E-state index contributed by atoms with van der Waals surface area (Å²) in [5, 5.41) is 13.4. The first-order valence-corrected chi connectivity index (χ1v) is 6.88. The number of nitrogens with one attached hydrogen (secondary N) is 1. The van der Waals surface area contributed by atoms with Gasteiger partial charge in [0.05, 0.1) is 11.6 Å². The monoisotopic (exact) mass is 287 g/mol. The molecule has 2 aliphatic rings. The summed E-state index contributed by atoms with van der Waals surface area (Å²) in [4.78, 5) is 11.6. The molecule has 3 rings (SSSR count). The zero-order chi connectivity index (χ0) is 14.1. The van der Waals surface area contributed by atoms with Crippen LogP contribution in [0.5, 0.6) is 0 Å². The third kappa shape index (κ3) is 2.37. The van der Waals surface area contributed by atoms with Crippen molar-refractivity contribution in [2.24, 2.45) is 0 Å². The summed E-state index contributed by atoms with van der Waals surface area (Å²) in [6, 6.07) is 5.61. The van der Waals surface area contributed by atoms with Crippen LogP contribution in [0.1, 0.15) is 17.5 Å². The molecule has 0 saturated heterocycles. The minimum absolute atomic E-state index is 0.0153. The lowest BCUT2D eigenvalue weighted by Gasteiger charge is -2.19. The van der Waals surface area contributed by atoms with Gasteiger partial charge in [-0.15, -0.1) is 0 Å². The van der Waals surface area contributed by atoms with Crippen LogP contribution in [-0.4, -0.2) is 17.1 Å². The largest absolute Gasteiger partial charge is 0.478 e. The van der Waals surface area contributed by atoms with Gasteiger partial charge in [0.15, 0.2) is 0 Å². The average molecular weight is 288 g/mol. The fourth-order valence-electron chi connectivity index (χ4n) is 2.68. The Balaban J connectivity index is 2.17. The predicted molar refractivity (Wildman–Crippen MR) is 79.5 cm³/mol. The Bertz CT molecular complexity index is 658. The zero-order valence-corrected chi connectivity index (χ0v) is 11.5. The Hall–Kier alpha value is -2.00. The predicted octanol–water partition coefficient (Wildman–Crippen LogP) is 3.17. The van der Waals surface area contributed by atoms with E-state index >= 15 is 0 Å². The molecule has 1 atom stereocenters. The van der Waals surface area contributed by atoms with Crippen LogP contribution in [0.2, 0.25) is 5.02 Å². The van der Waals surface area contributed by atoms with Gasteiger partial charge in [-0.25, -0.2) is 4.79 Å². The van der Waals surface area contributed by atoms with Gasteiger partial charge in [-0.3, -0.25) is 0 Å². The normalized spacial score (nSPS) is 20.6. The van der Waals surface area contributed by atoms with Gasteiger partial charge < -0.3 is 10.4 Å². The first kappa shape index (κ1) is 13.0. The molecule has 1 unspecified atom stereocenters. The molecule has 0 saturated carbocycles. The minimum atomic E-state index is -0.905. The highest BCUT2D eigenvalue weighted by Gasteiger charge is 2.26. The molecule has 0 fully saturated rings. The van der Waals surface area contributed by atoms with Crippen molar-refractivity contribution in [3.63, 3.8) is 0 Å². The van der Waals surface area contributed by atoms with Gasteiger partial charge in [-0.1, -0.05) is 29.8 Å². The Labute approximate surface area is 122 Å². The minimum Gasteiger partial charge on any atom is -0.478 e. The average Bonchev–Trinajstić information content (AvgIpc) is 2.70. The molecule has 1 heterocycles. The van der Waals surface area contributed by atoms with Crippen molar-refractivity contribution in [3.8, 4) is 0 Å². The molecule has 102 valence electrons. The third-order valence-electron chi connectivity index (χ3n) is 3.64.